The molecule has 6 nitrogen and oxygen atoms in total. The van der Waals surface area contributed by atoms with Gasteiger partial charge in [-0.3, -0.25) is 4.79 Å². The lowest BCUT2D eigenvalue weighted by Crippen LogP contribution is -2.33. The average Bonchev–Trinajstić information content (AvgIpc) is 3.33. The summed E-state index contributed by atoms with van der Waals surface area (Å²) in [5.41, 5.74) is 1.08. The fraction of sp³-hybridized carbons (Fsp3) is 0.471. The summed E-state index contributed by atoms with van der Waals surface area (Å²) in [6.07, 6.45) is 2.14. The van der Waals surface area contributed by atoms with Gasteiger partial charge in [-0.25, -0.2) is 0 Å². The predicted octanol–water partition coefficient (Wildman–Crippen LogP) is 3.06. The first-order chi connectivity index (χ1) is 11.7. The molecule has 1 aromatic heterocycles. The van der Waals surface area contributed by atoms with Crippen LogP contribution in [0.5, 0.6) is 5.75 Å². The predicted molar refractivity (Wildman–Crippen MR) is 90.9 cm³/mol. The van der Waals surface area contributed by atoms with Gasteiger partial charge in [-0.15, -0.1) is 10.2 Å². The normalized spacial score (nSPS) is 13.8. The van der Waals surface area contributed by atoms with Crippen molar-refractivity contribution in [2.75, 3.05) is 12.4 Å². The Morgan fingerprint density at radius 2 is 2.25 bits per heavy atom. The smallest absolute Gasteiger partial charge is 0.277 e. The zero-order valence-electron chi connectivity index (χ0n) is 13.9. The van der Waals surface area contributed by atoms with Gasteiger partial charge in [0.1, 0.15) is 5.75 Å². The summed E-state index contributed by atoms with van der Waals surface area (Å²) >= 11 is 1.29. The van der Waals surface area contributed by atoms with Crippen molar-refractivity contribution in [1.29, 1.82) is 0 Å². The van der Waals surface area contributed by atoms with Crippen molar-refractivity contribution in [3.05, 3.63) is 35.7 Å². The van der Waals surface area contributed by atoms with Gasteiger partial charge in [0.15, 0.2) is 0 Å². The molecule has 0 radical (unpaired) electrons. The van der Waals surface area contributed by atoms with Crippen molar-refractivity contribution in [2.24, 2.45) is 0 Å². The molecule has 0 aliphatic heterocycles. The first kappa shape index (κ1) is 16.8. The van der Waals surface area contributed by atoms with E-state index >= 15 is 0 Å². The quantitative estimate of drug-likeness (QED) is 0.684. The highest BCUT2D eigenvalue weighted by Gasteiger charge is 2.32. The molecule has 0 N–H and O–H groups in total. The van der Waals surface area contributed by atoms with Crippen molar-refractivity contribution < 1.29 is 13.9 Å². The first-order valence-corrected chi connectivity index (χ1v) is 9.08. The minimum absolute atomic E-state index is 0.0974. The molecular weight excluding hydrogens is 326 g/mol. The van der Waals surface area contributed by atoms with Crippen LogP contribution in [0.2, 0.25) is 0 Å². The van der Waals surface area contributed by atoms with Gasteiger partial charge in [-0.05, 0) is 37.5 Å². The van der Waals surface area contributed by atoms with Crippen LogP contribution >= 0.6 is 11.8 Å². The Bertz CT molecular complexity index is 700. The number of carbonyl (C=O) groups is 1. The summed E-state index contributed by atoms with van der Waals surface area (Å²) in [5, 5.41) is 8.13. The second-order valence-corrected chi connectivity index (χ2v) is 6.64. The van der Waals surface area contributed by atoms with E-state index in [1.807, 2.05) is 36.1 Å². The highest BCUT2D eigenvalue weighted by Crippen LogP contribution is 2.30. The Morgan fingerprint density at radius 3 is 2.92 bits per heavy atom. The van der Waals surface area contributed by atoms with E-state index in [2.05, 4.69) is 10.2 Å². The van der Waals surface area contributed by atoms with Crippen LogP contribution in [0.4, 0.5) is 0 Å². The maximum absolute atomic E-state index is 12.6. The van der Waals surface area contributed by atoms with Gasteiger partial charge in [0.25, 0.3) is 5.22 Å². The Labute approximate surface area is 145 Å². The molecule has 0 bridgehead atoms. The average molecular weight is 347 g/mol. The molecule has 0 atom stereocenters. The number of aromatic nitrogens is 2. The molecule has 128 valence electrons. The molecule has 0 spiro atoms. The van der Waals surface area contributed by atoms with Crippen molar-refractivity contribution >= 4 is 17.7 Å². The van der Waals surface area contributed by atoms with Crippen molar-refractivity contribution in [3.63, 3.8) is 0 Å². The van der Waals surface area contributed by atoms with E-state index in [9.17, 15) is 4.79 Å². The number of amides is 1. The lowest BCUT2D eigenvalue weighted by molar-refractivity contribution is -0.129. The van der Waals surface area contributed by atoms with Crippen LogP contribution in [0, 0.1) is 6.92 Å². The van der Waals surface area contributed by atoms with Crippen LogP contribution < -0.4 is 4.74 Å². The highest BCUT2D eigenvalue weighted by molar-refractivity contribution is 7.99. The summed E-state index contributed by atoms with van der Waals surface area (Å²) in [5.74, 6) is 1.76. The Kier molecular flexibility index (Phi) is 5.40. The summed E-state index contributed by atoms with van der Waals surface area (Å²) in [7, 11) is 0. The minimum atomic E-state index is 0.0974. The SMILES string of the molecule is CCOc1cccc(CN(C(=O)CSc2nnc(C)o2)C2CC2)c1. The van der Waals surface area contributed by atoms with Crippen LogP contribution in [-0.2, 0) is 11.3 Å². The van der Waals surface area contributed by atoms with Gasteiger partial charge >= 0.3 is 0 Å². The summed E-state index contributed by atoms with van der Waals surface area (Å²) < 4.78 is 10.8. The standard InChI is InChI=1S/C17H21N3O3S/c1-3-22-15-6-4-5-13(9-15)10-20(14-7-8-14)16(21)11-24-17-19-18-12(2)23-17/h4-6,9,14H,3,7-8,10-11H2,1-2H3. The number of ether oxygens (including phenoxy) is 1. The van der Waals surface area contributed by atoms with Gasteiger partial charge in [0, 0.05) is 19.5 Å². The second-order valence-electron chi connectivity index (χ2n) is 5.71. The number of hydrogen-bond donors (Lipinski definition) is 0. The summed E-state index contributed by atoms with van der Waals surface area (Å²) in [6.45, 7) is 4.94. The van der Waals surface area contributed by atoms with Crippen molar-refractivity contribution in [1.82, 2.24) is 15.1 Å². The van der Waals surface area contributed by atoms with E-state index in [1.165, 1.54) is 11.8 Å². The van der Waals surface area contributed by atoms with Crippen LogP contribution in [0.3, 0.4) is 0 Å². The molecule has 1 fully saturated rings. The molecule has 1 heterocycles. The van der Waals surface area contributed by atoms with E-state index in [4.69, 9.17) is 9.15 Å². The van der Waals surface area contributed by atoms with Gasteiger partial charge in [0.05, 0.1) is 12.4 Å². The Balaban J connectivity index is 1.61. The van der Waals surface area contributed by atoms with Gasteiger partial charge in [-0.2, -0.15) is 0 Å². The molecular formula is C17H21N3O3S. The summed E-state index contributed by atoms with van der Waals surface area (Å²) in [6, 6.07) is 8.27. The number of nitrogens with zero attached hydrogens (tertiary/aromatic N) is 3. The number of rotatable bonds is 8. The monoisotopic (exact) mass is 347 g/mol. The molecule has 24 heavy (non-hydrogen) atoms. The number of benzene rings is 1. The fourth-order valence-electron chi connectivity index (χ4n) is 2.45. The molecule has 1 saturated carbocycles. The van der Waals surface area contributed by atoms with E-state index in [-0.39, 0.29) is 5.91 Å². The molecule has 1 aromatic carbocycles. The van der Waals surface area contributed by atoms with Crippen LogP contribution in [0.1, 0.15) is 31.2 Å². The summed E-state index contributed by atoms with van der Waals surface area (Å²) in [4.78, 5) is 14.5. The third-order valence-corrected chi connectivity index (χ3v) is 4.50. The van der Waals surface area contributed by atoms with Crippen LogP contribution in [0.25, 0.3) is 0 Å². The van der Waals surface area contributed by atoms with E-state index in [0.29, 0.717) is 36.1 Å². The topological polar surface area (TPSA) is 68.5 Å². The fourth-order valence-corrected chi connectivity index (χ4v) is 3.14. The largest absolute Gasteiger partial charge is 0.494 e. The third-order valence-electron chi connectivity index (χ3n) is 3.70. The van der Waals surface area contributed by atoms with Crippen LogP contribution in [-0.4, -0.2) is 39.4 Å². The van der Waals surface area contributed by atoms with Crippen LogP contribution in [0.15, 0.2) is 33.9 Å². The number of hydrogen-bond acceptors (Lipinski definition) is 6. The maximum Gasteiger partial charge on any atom is 0.277 e. The maximum atomic E-state index is 12.6. The number of carbonyl (C=O) groups excluding carboxylic acids is 1. The molecule has 1 aliphatic carbocycles. The minimum Gasteiger partial charge on any atom is -0.494 e. The zero-order valence-corrected chi connectivity index (χ0v) is 14.7. The lowest BCUT2D eigenvalue weighted by Gasteiger charge is -2.22. The molecule has 0 unspecified atom stereocenters. The van der Waals surface area contributed by atoms with Crippen molar-refractivity contribution in [2.45, 2.75) is 44.5 Å². The highest BCUT2D eigenvalue weighted by atomic mass is 32.2. The van der Waals surface area contributed by atoms with Gasteiger partial charge < -0.3 is 14.1 Å². The Hall–Kier alpha value is -2.02. The first-order valence-electron chi connectivity index (χ1n) is 8.10. The second kappa shape index (κ2) is 7.70. The molecule has 2 aromatic rings. The van der Waals surface area contributed by atoms with E-state index < -0.39 is 0 Å². The number of aryl methyl sites for hydroxylation is 1. The molecule has 1 amide bonds. The van der Waals surface area contributed by atoms with Gasteiger partial charge in [0.2, 0.25) is 11.8 Å². The van der Waals surface area contributed by atoms with E-state index in [0.717, 1.165) is 24.2 Å². The molecule has 3 rings (SSSR count). The molecule has 1 aliphatic rings. The molecule has 0 saturated heterocycles. The third kappa shape index (κ3) is 4.50. The van der Waals surface area contributed by atoms with Crippen molar-refractivity contribution in [3.8, 4) is 5.75 Å². The lowest BCUT2D eigenvalue weighted by atomic mass is 10.2. The molecule has 7 heteroatoms. The Morgan fingerprint density at radius 1 is 1.42 bits per heavy atom. The van der Waals surface area contributed by atoms with Gasteiger partial charge in [-0.1, -0.05) is 23.9 Å². The number of thioether (sulfide) groups is 1. The van der Waals surface area contributed by atoms with E-state index in [1.54, 1.807) is 6.92 Å². The zero-order chi connectivity index (χ0) is 16.9.